The second-order valence-corrected chi connectivity index (χ2v) is 12.5. The number of nitrogens with zero attached hydrogens (tertiary/aromatic N) is 5. The summed E-state index contributed by atoms with van der Waals surface area (Å²) < 4.78 is 43.9. The van der Waals surface area contributed by atoms with Crippen LogP contribution in [0.1, 0.15) is 77.1 Å². The average molecular weight is 642 g/mol. The second-order valence-electron chi connectivity index (χ2n) is 12.1. The van der Waals surface area contributed by atoms with Gasteiger partial charge in [-0.25, -0.2) is 0 Å². The van der Waals surface area contributed by atoms with E-state index in [9.17, 15) is 32.7 Å². The molecule has 2 aromatic heterocycles. The molecular weight excluding hydrogens is 611 g/mol. The van der Waals surface area contributed by atoms with Crippen molar-refractivity contribution >= 4 is 35.0 Å². The van der Waals surface area contributed by atoms with E-state index in [1.807, 2.05) is 6.08 Å². The molecule has 0 radical (unpaired) electrons. The van der Waals surface area contributed by atoms with Gasteiger partial charge in [-0.05, 0) is 62.1 Å². The Labute approximate surface area is 262 Å². The first-order chi connectivity index (χ1) is 21.4. The topological polar surface area (TPSA) is 118 Å². The molecule has 2 atom stereocenters. The van der Waals surface area contributed by atoms with Crippen molar-refractivity contribution in [2.24, 2.45) is 11.8 Å². The predicted octanol–water partition coefficient (Wildman–Crippen LogP) is 5.64. The molecule has 45 heavy (non-hydrogen) atoms. The van der Waals surface area contributed by atoms with Crippen LogP contribution in [0.25, 0.3) is 5.57 Å². The van der Waals surface area contributed by atoms with Crippen molar-refractivity contribution in [1.29, 1.82) is 0 Å². The third-order valence-electron chi connectivity index (χ3n) is 9.31. The number of amides is 1. The number of alkyl halides is 3. The molecule has 0 spiro atoms. The number of aliphatic carboxylic acids is 1. The Hall–Kier alpha value is -4.06. The summed E-state index contributed by atoms with van der Waals surface area (Å²) in [7, 11) is 1.66. The number of hydrogen-bond acceptors (Lipinski definition) is 6. The lowest BCUT2D eigenvalue weighted by Gasteiger charge is -2.27. The van der Waals surface area contributed by atoms with Gasteiger partial charge in [0, 0.05) is 37.3 Å². The molecule has 6 rings (SSSR count). The molecule has 3 aromatic rings. The predicted molar refractivity (Wildman–Crippen MR) is 157 cm³/mol. The fourth-order valence-corrected chi connectivity index (χ4v) is 6.90. The number of carbonyl (C=O) groups excluding carboxylic acids is 2. The summed E-state index contributed by atoms with van der Waals surface area (Å²) in [6.45, 7) is 0.236. The van der Waals surface area contributed by atoms with E-state index < -0.39 is 35.3 Å². The zero-order chi connectivity index (χ0) is 32.1. The quantitative estimate of drug-likeness (QED) is 0.355. The summed E-state index contributed by atoms with van der Waals surface area (Å²) in [4.78, 5) is 49.2. The Morgan fingerprint density at radius 1 is 1.13 bits per heavy atom. The smallest absolute Gasteiger partial charge is 0.398 e. The van der Waals surface area contributed by atoms with Gasteiger partial charge in [0.25, 0.3) is 5.91 Å². The molecule has 0 bridgehead atoms. The third kappa shape index (κ3) is 5.64. The molecule has 13 heteroatoms. The van der Waals surface area contributed by atoms with E-state index in [1.54, 1.807) is 24.3 Å². The van der Waals surface area contributed by atoms with Crippen molar-refractivity contribution in [2.45, 2.75) is 69.5 Å². The molecule has 9 nitrogen and oxygen atoms in total. The summed E-state index contributed by atoms with van der Waals surface area (Å²) in [5.41, 5.74) is 0.541. The number of halogens is 4. The fraction of sp³-hybridized carbons (Fsp3) is 0.438. The number of rotatable bonds is 7. The van der Waals surface area contributed by atoms with Crippen molar-refractivity contribution in [2.75, 3.05) is 7.05 Å². The molecule has 1 N–H and O–H groups in total. The Bertz CT molecular complexity index is 1700. The Kier molecular flexibility index (Phi) is 8.05. The first-order valence-electron chi connectivity index (χ1n) is 14.8. The summed E-state index contributed by atoms with van der Waals surface area (Å²) in [6.07, 6.45) is 3.76. The molecular formula is C32H31ClF3N5O4. The molecule has 3 aliphatic carbocycles. The molecule has 1 fully saturated rings. The molecule has 2 heterocycles. The monoisotopic (exact) mass is 641 g/mol. The van der Waals surface area contributed by atoms with Crippen molar-refractivity contribution in [3.63, 3.8) is 0 Å². The van der Waals surface area contributed by atoms with Gasteiger partial charge >= 0.3 is 12.1 Å². The second kappa shape index (κ2) is 11.7. The lowest BCUT2D eigenvalue weighted by Crippen LogP contribution is -2.36. The van der Waals surface area contributed by atoms with Crippen molar-refractivity contribution in [3.05, 3.63) is 81.7 Å². The molecule has 0 saturated heterocycles. The zero-order valence-corrected chi connectivity index (χ0v) is 25.2. The minimum atomic E-state index is -4.57. The summed E-state index contributed by atoms with van der Waals surface area (Å²) in [6, 6.07) is 4.11. The Morgan fingerprint density at radius 3 is 2.51 bits per heavy atom. The Morgan fingerprint density at radius 2 is 1.89 bits per heavy atom. The van der Waals surface area contributed by atoms with Gasteiger partial charge in [-0.15, -0.1) is 0 Å². The molecule has 1 amide bonds. The van der Waals surface area contributed by atoms with E-state index in [0.717, 1.165) is 15.8 Å². The third-order valence-corrected chi connectivity index (χ3v) is 9.62. The minimum Gasteiger partial charge on any atom is -0.481 e. The fourth-order valence-electron chi connectivity index (χ4n) is 6.64. The number of fused-ring (bicyclic) bond motifs is 1. The summed E-state index contributed by atoms with van der Waals surface area (Å²) in [5.74, 6) is -2.87. The van der Waals surface area contributed by atoms with Crippen LogP contribution in [0.15, 0.2) is 42.9 Å². The first-order valence-corrected chi connectivity index (χ1v) is 15.2. The number of hydrogen-bond donors (Lipinski definition) is 1. The molecule has 236 valence electrons. The molecule has 3 aliphatic rings. The van der Waals surface area contributed by atoms with Crippen LogP contribution in [0.3, 0.4) is 0 Å². The number of benzene rings is 1. The van der Waals surface area contributed by atoms with Crippen molar-refractivity contribution in [1.82, 2.24) is 24.6 Å². The minimum absolute atomic E-state index is 0.104. The Balaban J connectivity index is 1.39. The maximum Gasteiger partial charge on any atom is 0.398 e. The van der Waals surface area contributed by atoms with E-state index in [-0.39, 0.29) is 47.9 Å². The van der Waals surface area contributed by atoms with E-state index in [0.29, 0.717) is 49.2 Å². The average Bonchev–Trinajstić information content (AvgIpc) is 3.76. The molecule has 2 unspecified atom stereocenters. The lowest BCUT2D eigenvalue weighted by atomic mass is 9.82. The number of carboxylic acid groups (broad SMARTS) is 1. The number of aromatic nitrogens is 4. The SMILES string of the molecule is CN(Cc1cnccn1)C(=O)C1CCc2c(C3=CCC(C(=O)O)CC3)nn(C(=O)c3c(Cl)cccc3C3(C(F)(F)F)CC3)c2C1. The lowest BCUT2D eigenvalue weighted by molar-refractivity contribution is -0.160. The van der Waals surface area contributed by atoms with Crippen LogP contribution >= 0.6 is 11.6 Å². The van der Waals surface area contributed by atoms with Crippen molar-refractivity contribution in [3.8, 4) is 0 Å². The van der Waals surface area contributed by atoms with Crippen LogP contribution in [0.2, 0.25) is 5.02 Å². The van der Waals surface area contributed by atoms with Crippen LogP contribution in [0, 0.1) is 11.8 Å². The van der Waals surface area contributed by atoms with Crippen LogP contribution in [-0.4, -0.2) is 60.8 Å². The standard InChI is InChI=1S/C32H31ClF3N5O4/c1-40(17-21-16-37-13-14-38-21)28(42)20-9-10-22-25(15-20)41(39-27(22)18-5-7-19(8-6-18)30(44)45)29(43)26-23(3-2-4-24(26)33)31(11-12-31)32(34,35)36/h2-5,13-14,16,19-20H,6-12,15,17H2,1H3,(H,44,45). The number of allylic oxidation sites excluding steroid dienone is 2. The van der Waals surface area contributed by atoms with Crippen LogP contribution in [-0.2, 0) is 34.4 Å². The summed E-state index contributed by atoms with van der Waals surface area (Å²) >= 11 is 6.47. The van der Waals surface area contributed by atoms with Gasteiger partial charge < -0.3 is 10.0 Å². The van der Waals surface area contributed by atoms with Gasteiger partial charge in [0.15, 0.2) is 0 Å². The van der Waals surface area contributed by atoms with Gasteiger partial charge in [0.2, 0.25) is 5.91 Å². The van der Waals surface area contributed by atoms with E-state index in [4.69, 9.17) is 11.6 Å². The van der Waals surface area contributed by atoms with Gasteiger partial charge in [-0.1, -0.05) is 29.8 Å². The largest absolute Gasteiger partial charge is 0.481 e. The molecule has 1 aromatic carbocycles. The maximum atomic E-state index is 14.3. The van der Waals surface area contributed by atoms with E-state index in [2.05, 4.69) is 15.1 Å². The highest BCUT2D eigenvalue weighted by Gasteiger charge is 2.65. The van der Waals surface area contributed by atoms with E-state index in [1.165, 1.54) is 24.4 Å². The number of carboxylic acids is 1. The summed E-state index contributed by atoms with van der Waals surface area (Å²) in [5, 5.41) is 14.0. The number of carbonyl (C=O) groups is 3. The van der Waals surface area contributed by atoms with Gasteiger partial charge in [0.1, 0.15) is 0 Å². The molecule has 0 aliphatic heterocycles. The van der Waals surface area contributed by atoms with Gasteiger partial charge in [-0.3, -0.25) is 24.4 Å². The van der Waals surface area contributed by atoms with Crippen LogP contribution in [0.4, 0.5) is 13.2 Å². The maximum absolute atomic E-state index is 14.3. The van der Waals surface area contributed by atoms with Crippen molar-refractivity contribution < 1.29 is 32.7 Å². The highest BCUT2D eigenvalue weighted by atomic mass is 35.5. The molecule has 1 saturated carbocycles. The van der Waals surface area contributed by atoms with Crippen LogP contribution < -0.4 is 0 Å². The zero-order valence-electron chi connectivity index (χ0n) is 24.5. The highest BCUT2D eigenvalue weighted by molar-refractivity contribution is 6.34. The first kappa shape index (κ1) is 30.9. The van der Waals surface area contributed by atoms with Gasteiger partial charge in [-0.2, -0.15) is 23.0 Å². The normalized spacial score (nSPS) is 20.6. The van der Waals surface area contributed by atoms with Gasteiger partial charge in [0.05, 0.1) is 51.7 Å². The van der Waals surface area contributed by atoms with E-state index >= 15 is 0 Å². The van der Waals surface area contributed by atoms with Crippen LogP contribution in [0.5, 0.6) is 0 Å². The highest BCUT2D eigenvalue weighted by Crippen LogP contribution is 2.60.